The number of hydrogen-bond acceptors (Lipinski definition) is 4. The average molecular weight is 326 g/mol. The van der Waals surface area contributed by atoms with Crippen LogP contribution in [0.25, 0.3) is 0 Å². The van der Waals surface area contributed by atoms with E-state index >= 15 is 0 Å². The van der Waals surface area contributed by atoms with Crippen LogP contribution in [0, 0.1) is 6.92 Å². The van der Waals surface area contributed by atoms with Gasteiger partial charge >= 0.3 is 0 Å². The molecule has 0 aromatic heterocycles. The lowest BCUT2D eigenvalue weighted by molar-refractivity contribution is 0.0954. The van der Waals surface area contributed by atoms with Crippen molar-refractivity contribution in [3.05, 3.63) is 59.2 Å². The van der Waals surface area contributed by atoms with Crippen molar-refractivity contribution in [2.45, 2.75) is 26.9 Å². The third kappa shape index (κ3) is 4.59. The summed E-state index contributed by atoms with van der Waals surface area (Å²) in [6.45, 7) is 5.85. The van der Waals surface area contributed by atoms with Crippen LogP contribution < -0.4 is 14.9 Å². The van der Waals surface area contributed by atoms with Crippen LogP contribution in [0.2, 0.25) is 0 Å². The molecule has 2 aromatic rings. The largest absolute Gasteiger partial charge is 0.493 e. The Kier molecular flexibility index (Phi) is 5.95. The van der Waals surface area contributed by atoms with Crippen molar-refractivity contribution in [2.75, 3.05) is 7.11 Å². The molecule has 0 bridgehead atoms. The molecule has 0 saturated carbocycles. The highest BCUT2D eigenvalue weighted by atomic mass is 16.5. The number of carbonyl (C=O) groups excluding carboxylic acids is 1. The van der Waals surface area contributed by atoms with Crippen LogP contribution in [0.15, 0.2) is 47.6 Å². The van der Waals surface area contributed by atoms with Crippen LogP contribution >= 0.6 is 0 Å². The minimum absolute atomic E-state index is 0.0253. The van der Waals surface area contributed by atoms with E-state index in [1.807, 2.05) is 45.0 Å². The molecule has 0 atom stereocenters. The first-order chi connectivity index (χ1) is 11.5. The topological polar surface area (TPSA) is 59.9 Å². The molecule has 0 radical (unpaired) electrons. The van der Waals surface area contributed by atoms with Crippen LogP contribution in [0.1, 0.15) is 35.3 Å². The number of hydrazone groups is 1. The number of rotatable bonds is 6. The lowest BCUT2D eigenvalue weighted by Gasteiger charge is -2.14. The van der Waals surface area contributed by atoms with Gasteiger partial charge in [0.2, 0.25) is 0 Å². The Morgan fingerprint density at radius 2 is 1.92 bits per heavy atom. The minimum atomic E-state index is -0.311. The van der Waals surface area contributed by atoms with Gasteiger partial charge in [-0.1, -0.05) is 24.3 Å². The molecule has 2 rings (SSSR count). The maximum atomic E-state index is 12.2. The average Bonchev–Trinajstić information content (AvgIpc) is 2.56. The van der Waals surface area contributed by atoms with Gasteiger partial charge in [0.1, 0.15) is 0 Å². The van der Waals surface area contributed by atoms with Gasteiger partial charge in [-0.05, 0) is 50.1 Å². The predicted octanol–water partition coefficient (Wildman–Crippen LogP) is 3.55. The van der Waals surface area contributed by atoms with E-state index in [1.165, 1.54) is 0 Å². The Hall–Kier alpha value is -2.82. The Balaban J connectivity index is 2.08. The lowest BCUT2D eigenvalue weighted by Crippen LogP contribution is -2.18. The number of hydrogen-bond donors (Lipinski definition) is 1. The molecular weight excluding hydrogens is 304 g/mol. The number of aryl methyl sites for hydroxylation is 1. The van der Waals surface area contributed by atoms with E-state index in [9.17, 15) is 4.79 Å². The van der Waals surface area contributed by atoms with E-state index in [-0.39, 0.29) is 12.0 Å². The summed E-state index contributed by atoms with van der Waals surface area (Å²) >= 11 is 0. The Bertz CT molecular complexity index is 739. The minimum Gasteiger partial charge on any atom is -0.493 e. The molecule has 2 aromatic carbocycles. The summed E-state index contributed by atoms with van der Waals surface area (Å²) in [4.78, 5) is 12.2. The molecule has 0 aliphatic carbocycles. The highest BCUT2D eigenvalue weighted by Crippen LogP contribution is 2.28. The summed E-state index contributed by atoms with van der Waals surface area (Å²) in [6.07, 6.45) is 1.65. The molecule has 1 amide bonds. The molecule has 0 saturated heterocycles. The fourth-order valence-corrected chi connectivity index (χ4v) is 2.12. The van der Waals surface area contributed by atoms with E-state index in [2.05, 4.69) is 10.5 Å². The molecule has 0 aliphatic rings. The molecule has 0 heterocycles. The molecule has 126 valence electrons. The number of carbonyl (C=O) groups is 1. The second-order valence-corrected chi connectivity index (χ2v) is 5.59. The summed E-state index contributed by atoms with van der Waals surface area (Å²) in [5.74, 6) is 0.806. The number of methoxy groups -OCH3 is 1. The summed E-state index contributed by atoms with van der Waals surface area (Å²) in [7, 11) is 1.54. The van der Waals surface area contributed by atoms with Crippen LogP contribution in [0.3, 0.4) is 0 Å². The van der Waals surface area contributed by atoms with Crippen molar-refractivity contribution in [1.82, 2.24) is 5.43 Å². The van der Waals surface area contributed by atoms with Gasteiger partial charge in [0.05, 0.1) is 19.4 Å². The van der Waals surface area contributed by atoms with Gasteiger partial charge in [-0.25, -0.2) is 5.43 Å². The third-order valence-corrected chi connectivity index (χ3v) is 3.35. The summed E-state index contributed by atoms with van der Waals surface area (Å²) in [5, 5.41) is 4.01. The Labute approximate surface area is 142 Å². The summed E-state index contributed by atoms with van der Waals surface area (Å²) in [6, 6.07) is 12.8. The van der Waals surface area contributed by atoms with Gasteiger partial charge in [-0.3, -0.25) is 4.79 Å². The van der Waals surface area contributed by atoms with Crippen molar-refractivity contribution in [3.8, 4) is 11.5 Å². The fourth-order valence-electron chi connectivity index (χ4n) is 2.12. The summed E-state index contributed by atoms with van der Waals surface area (Å²) < 4.78 is 10.9. The molecule has 0 spiro atoms. The molecule has 0 unspecified atom stereocenters. The molecule has 5 heteroatoms. The van der Waals surface area contributed by atoms with E-state index in [0.29, 0.717) is 17.1 Å². The highest BCUT2D eigenvalue weighted by Gasteiger charge is 2.11. The zero-order chi connectivity index (χ0) is 17.5. The maximum absolute atomic E-state index is 12.2. The second-order valence-electron chi connectivity index (χ2n) is 5.59. The Morgan fingerprint density at radius 3 is 2.58 bits per heavy atom. The van der Waals surface area contributed by atoms with Crippen LogP contribution in [-0.2, 0) is 0 Å². The molecule has 0 aliphatic heterocycles. The monoisotopic (exact) mass is 326 g/mol. The first-order valence-corrected chi connectivity index (χ1v) is 7.75. The molecule has 5 nitrogen and oxygen atoms in total. The zero-order valence-electron chi connectivity index (χ0n) is 14.4. The normalized spacial score (nSPS) is 10.9. The van der Waals surface area contributed by atoms with Crippen LogP contribution in [0.4, 0.5) is 0 Å². The standard InChI is InChI=1S/C19H22N2O3/c1-13(2)24-17-10-9-15(11-18(17)23-4)19(22)21-20-12-16-8-6-5-7-14(16)3/h5-13H,1-4H3,(H,21,22)/b20-12+. The van der Waals surface area contributed by atoms with E-state index in [1.54, 1.807) is 31.5 Å². The van der Waals surface area contributed by atoms with Crippen molar-refractivity contribution < 1.29 is 14.3 Å². The smallest absolute Gasteiger partial charge is 0.271 e. The first kappa shape index (κ1) is 17.5. The zero-order valence-corrected chi connectivity index (χ0v) is 14.4. The second kappa shape index (κ2) is 8.15. The van der Waals surface area contributed by atoms with Crippen molar-refractivity contribution in [2.24, 2.45) is 5.10 Å². The molecular formula is C19H22N2O3. The highest BCUT2D eigenvalue weighted by molar-refractivity contribution is 5.95. The number of amides is 1. The van der Waals surface area contributed by atoms with E-state index in [4.69, 9.17) is 9.47 Å². The van der Waals surface area contributed by atoms with Gasteiger partial charge in [-0.2, -0.15) is 5.10 Å². The van der Waals surface area contributed by atoms with E-state index < -0.39 is 0 Å². The van der Waals surface area contributed by atoms with Gasteiger partial charge in [-0.15, -0.1) is 0 Å². The number of nitrogens with one attached hydrogen (secondary N) is 1. The van der Waals surface area contributed by atoms with Crippen molar-refractivity contribution in [3.63, 3.8) is 0 Å². The van der Waals surface area contributed by atoms with Gasteiger partial charge in [0.25, 0.3) is 5.91 Å². The van der Waals surface area contributed by atoms with Gasteiger partial charge in [0.15, 0.2) is 11.5 Å². The van der Waals surface area contributed by atoms with Gasteiger partial charge < -0.3 is 9.47 Å². The lowest BCUT2D eigenvalue weighted by atomic mass is 10.1. The quantitative estimate of drug-likeness (QED) is 0.652. The maximum Gasteiger partial charge on any atom is 0.271 e. The third-order valence-electron chi connectivity index (χ3n) is 3.35. The molecule has 24 heavy (non-hydrogen) atoms. The number of benzene rings is 2. The first-order valence-electron chi connectivity index (χ1n) is 7.75. The molecule has 1 N–H and O–H groups in total. The van der Waals surface area contributed by atoms with Crippen molar-refractivity contribution >= 4 is 12.1 Å². The summed E-state index contributed by atoms with van der Waals surface area (Å²) in [5.41, 5.74) is 5.01. The fraction of sp³-hybridized carbons (Fsp3) is 0.263. The van der Waals surface area contributed by atoms with E-state index in [0.717, 1.165) is 11.1 Å². The van der Waals surface area contributed by atoms with Crippen LogP contribution in [-0.4, -0.2) is 25.3 Å². The number of ether oxygens (including phenoxy) is 2. The number of nitrogens with zero attached hydrogens (tertiary/aromatic N) is 1. The predicted molar refractivity (Wildman–Crippen MR) is 95.0 cm³/mol. The molecule has 0 fully saturated rings. The van der Waals surface area contributed by atoms with Crippen molar-refractivity contribution in [1.29, 1.82) is 0 Å². The Morgan fingerprint density at radius 1 is 1.17 bits per heavy atom. The van der Waals surface area contributed by atoms with Gasteiger partial charge in [0, 0.05) is 5.56 Å². The SMILES string of the molecule is COc1cc(C(=O)N/N=C/c2ccccc2C)ccc1OC(C)C. The van der Waals surface area contributed by atoms with Crippen LogP contribution in [0.5, 0.6) is 11.5 Å².